The summed E-state index contributed by atoms with van der Waals surface area (Å²) >= 11 is 0. The van der Waals surface area contributed by atoms with Crippen LogP contribution in [0.5, 0.6) is 0 Å². The molecule has 1 aromatic carbocycles. The number of aliphatic hydroxyl groups is 1. The van der Waals surface area contributed by atoms with Crippen LogP contribution in [0.4, 0.5) is 4.39 Å². The summed E-state index contributed by atoms with van der Waals surface area (Å²) in [6, 6.07) is 3.93. The van der Waals surface area contributed by atoms with Crippen molar-refractivity contribution in [2.45, 2.75) is 56.8 Å². The first kappa shape index (κ1) is 16.6. The summed E-state index contributed by atoms with van der Waals surface area (Å²) in [7, 11) is 0. The topological polar surface area (TPSA) is 76.1 Å². The highest BCUT2D eigenvalue weighted by Gasteiger charge is 2.52. The van der Waals surface area contributed by atoms with E-state index in [0.717, 1.165) is 0 Å². The molecule has 2 bridgehead atoms. The van der Waals surface area contributed by atoms with Crippen molar-refractivity contribution in [3.05, 3.63) is 35.1 Å². The second-order valence-corrected chi connectivity index (χ2v) is 7.39. The molecule has 7 heteroatoms. The number of nitrogens with zero attached hydrogens (tertiary/aromatic N) is 1. The molecule has 1 aromatic rings. The van der Waals surface area contributed by atoms with E-state index in [1.54, 1.807) is 13.8 Å². The maximum absolute atomic E-state index is 13.7. The smallest absolute Gasteiger partial charge is 0.254 e. The molecule has 1 unspecified atom stereocenters. The minimum absolute atomic E-state index is 0.0685. The van der Waals surface area contributed by atoms with Gasteiger partial charge in [-0.3, -0.25) is 9.59 Å². The SMILES string of the molecule is CC1(C)O[C@@H]2C(=O)N3CCC(O)(C(=O)C[C@H]2O1)c1ccc(F)cc1C3. The number of benzene rings is 1. The van der Waals surface area contributed by atoms with E-state index in [0.29, 0.717) is 11.1 Å². The lowest BCUT2D eigenvalue weighted by atomic mass is 9.82. The zero-order chi connectivity index (χ0) is 18.0. The third-order valence-corrected chi connectivity index (χ3v) is 5.20. The Morgan fingerprint density at radius 2 is 2.04 bits per heavy atom. The van der Waals surface area contributed by atoms with Gasteiger partial charge in [0.05, 0.1) is 0 Å². The molecule has 3 aliphatic heterocycles. The van der Waals surface area contributed by atoms with Crippen LogP contribution in [-0.2, 0) is 31.2 Å². The van der Waals surface area contributed by atoms with Gasteiger partial charge in [-0.2, -0.15) is 0 Å². The van der Waals surface area contributed by atoms with Crippen LogP contribution in [0.15, 0.2) is 18.2 Å². The van der Waals surface area contributed by atoms with Crippen LogP contribution in [0.25, 0.3) is 0 Å². The maximum Gasteiger partial charge on any atom is 0.254 e. The van der Waals surface area contributed by atoms with Gasteiger partial charge in [-0.05, 0) is 37.1 Å². The zero-order valence-electron chi connectivity index (χ0n) is 14.1. The summed E-state index contributed by atoms with van der Waals surface area (Å²) in [5.74, 6) is -2.20. The fourth-order valence-corrected chi connectivity index (χ4v) is 4.02. The highest BCUT2D eigenvalue weighted by molar-refractivity contribution is 5.92. The van der Waals surface area contributed by atoms with E-state index < -0.39 is 35.2 Å². The molecule has 0 saturated carbocycles. The zero-order valence-corrected chi connectivity index (χ0v) is 14.1. The molecule has 1 amide bonds. The number of carbonyl (C=O) groups excluding carboxylic acids is 2. The van der Waals surface area contributed by atoms with E-state index >= 15 is 0 Å². The molecule has 3 aliphatic rings. The third-order valence-electron chi connectivity index (χ3n) is 5.20. The molecule has 2 saturated heterocycles. The highest BCUT2D eigenvalue weighted by Crippen LogP contribution is 2.40. The summed E-state index contributed by atoms with van der Waals surface area (Å²) in [4.78, 5) is 27.4. The predicted molar refractivity (Wildman–Crippen MR) is 83.8 cm³/mol. The number of rotatable bonds is 0. The number of ether oxygens (including phenoxy) is 2. The first-order valence-corrected chi connectivity index (χ1v) is 8.39. The summed E-state index contributed by atoms with van der Waals surface area (Å²) in [6.07, 6.45) is -1.72. The highest BCUT2D eigenvalue weighted by atomic mass is 19.1. The van der Waals surface area contributed by atoms with Crippen molar-refractivity contribution in [2.24, 2.45) is 0 Å². The van der Waals surface area contributed by atoms with Gasteiger partial charge in [-0.25, -0.2) is 4.39 Å². The van der Waals surface area contributed by atoms with Gasteiger partial charge < -0.3 is 19.5 Å². The minimum atomic E-state index is -1.76. The van der Waals surface area contributed by atoms with Gasteiger partial charge in [0.25, 0.3) is 5.91 Å². The summed E-state index contributed by atoms with van der Waals surface area (Å²) in [5, 5.41) is 11.2. The lowest BCUT2D eigenvalue weighted by Gasteiger charge is -2.28. The van der Waals surface area contributed by atoms with Crippen molar-refractivity contribution in [1.82, 2.24) is 4.90 Å². The van der Waals surface area contributed by atoms with Crippen LogP contribution in [0.3, 0.4) is 0 Å². The van der Waals surface area contributed by atoms with Crippen LogP contribution < -0.4 is 0 Å². The van der Waals surface area contributed by atoms with E-state index in [1.165, 1.54) is 23.1 Å². The van der Waals surface area contributed by atoms with Gasteiger partial charge >= 0.3 is 0 Å². The Bertz CT molecular complexity index is 764. The van der Waals surface area contributed by atoms with Crippen molar-refractivity contribution in [2.75, 3.05) is 6.54 Å². The lowest BCUT2D eigenvalue weighted by molar-refractivity contribution is -0.164. The molecule has 0 aromatic heterocycles. The molecule has 3 heterocycles. The van der Waals surface area contributed by atoms with Crippen LogP contribution in [0, 0.1) is 5.82 Å². The number of hydrogen-bond donors (Lipinski definition) is 1. The second-order valence-electron chi connectivity index (χ2n) is 7.39. The van der Waals surface area contributed by atoms with Gasteiger partial charge in [-0.15, -0.1) is 0 Å². The largest absolute Gasteiger partial charge is 0.377 e. The maximum atomic E-state index is 13.7. The Hall–Kier alpha value is -1.83. The Morgan fingerprint density at radius 3 is 2.80 bits per heavy atom. The molecule has 134 valence electrons. The van der Waals surface area contributed by atoms with E-state index in [1.807, 2.05) is 0 Å². The van der Waals surface area contributed by atoms with Crippen molar-refractivity contribution < 1.29 is 28.6 Å². The summed E-state index contributed by atoms with van der Waals surface area (Å²) in [5.41, 5.74) is -0.951. The number of amides is 1. The van der Waals surface area contributed by atoms with Gasteiger partial charge in [0.1, 0.15) is 17.5 Å². The molecule has 0 aliphatic carbocycles. The van der Waals surface area contributed by atoms with Crippen molar-refractivity contribution in [1.29, 1.82) is 0 Å². The van der Waals surface area contributed by atoms with Crippen LogP contribution in [0.2, 0.25) is 0 Å². The number of fused-ring (bicyclic) bond motifs is 6. The number of halogens is 1. The molecule has 1 N–H and O–H groups in total. The summed E-state index contributed by atoms with van der Waals surface area (Å²) < 4.78 is 25.2. The first-order valence-electron chi connectivity index (χ1n) is 8.39. The van der Waals surface area contributed by atoms with Gasteiger partial charge in [-0.1, -0.05) is 6.07 Å². The molecular formula is C18H20FNO5. The molecule has 3 atom stereocenters. The first-order chi connectivity index (χ1) is 11.7. The van der Waals surface area contributed by atoms with Crippen LogP contribution in [0.1, 0.15) is 37.8 Å². The fraction of sp³-hybridized carbons (Fsp3) is 0.556. The normalized spacial score (nSPS) is 34.0. The van der Waals surface area contributed by atoms with Crippen molar-refractivity contribution in [3.63, 3.8) is 0 Å². The van der Waals surface area contributed by atoms with Gasteiger partial charge in [0.15, 0.2) is 17.7 Å². The second kappa shape index (κ2) is 5.33. The monoisotopic (exact) mass is 349 g/mol. The molecule has 0 spiro atoms. The molecule has 2 fully saturated rings. The quantitative estimate of drug-likeness (QED) is 0.763. The predicted octanol–water partition coefficient (Wildman–Crippen LogP) is 1.24. The fourth-order valence-electron chi connectivity index (χ4n) is 4.02. The molecule has 0 radical (unpaired) electrons. The van der Waals surface area contributed by atoms with E-state index in [4.69, 9.17) is 9.47 Å². The van der Waals surface area contributed by atoms with E-state index in [2.05, 4.69) is 0 Å². The number of Topliss-reactive ketones (excluding diaryl/α,β-unsaturated/α-hetero) is 1. The lowest BCUT2D eigenvalue weighted by Crippen LogP contribution is -2.44. The Balaban J connectivity index is 1.84. The Morgan fingerprint density at radius 1 is 1.28 bits per heavy atom. The van der Waals surface area contributed by atoms with E-state index in [9.17, 15) is 19.1 Å². The standard InChI is InChI=1S/C18H20FNO5/c1-17(2)24-13-8-14(21)18(23)5-6-20(16(22)15(13)25-17)9-10-7-11(19)3-4-12(10)18/h3-4,7,13,15,23H,5-6,8-9H2,1-2H3/t13-,15+,18?/m1/s1. The number of ketones is 1. The van der Waals surface area contributed by atoms with Gasteiger partial charge in [0.2, 0.25) is 0 Å². The van der Waals surface area contributed by atoms with Crippen LogP contribution >= 0.6 is 0 Å². The van der Waals surface area contributed by atoms with Crippen molar-refractivity contribution >= 4 is 11.7 Å². The third kappa shape index (κ3) is 2.58. The Labute approximate surface area is 144 Å². The number of hydrogen-bond acceptors (Lipinski definition) is 5. The average Bonchev–Trinajstić information content (AvgIpc) is 2.76. The van der Waals surface area contributed by atoms with Crippen molar-refractivity contribution in [3.8, 4) is 0 Å². The van der Waals surface area contributed by atoms with E-state index in [-0.39, 0.29) is 31.8 Å². The Kier molecular flexibility index (Phi) is 3.55. The molecular weight excluding hydrogens is 329 g/mol. The molecule has 6 nitrogen and oxygen atoms in total. The van der Waals surface area contributed by atoms with Gasteiger partial charge in [0, 0.05) is 25.9 Å². The molecule has 25 heavy (non-hydrogen) atoms. The molecule has 4 rings (SSSR count). The van der Waals surface area contributed by atoms with Crippen LogP contribution in [-0.4, -0.2) is 46.2 Å². The number of carbonyl (C=O) groups is 2. The summed E-state index contributed by atoms with van der Waals surface area (Å²) in [6.45, 7) is 3.67. The minimum Gasteiger partial charge on any atom is -0.377 e. The average molecular weight is 349 g/mol.